The van der Waals surface area contributed by atoms with Gasteiger partial charge in [0.15, 0.2) is 0 Å². The molecular weight excluding hydrogens is 330 g/mol. The Bertz CT molecular complexity index is 675. The summed E-state index contributed by atoms with van der Waals surface area (Å²) in [6, 6.07) is 11.0. The highest BCUT2D eigenvalue weighted by atomic mass is 35.5. The zero-order valence-electron chi connectivity index (χ0n) is 12.8. The molecule has 23 heavy (non-hydrogen) atoms. The van der Waals surface area contributed by atoms with Crippen LogP contribution in [0.25, 0.3) is 11.3 Å². The third kappa shape index (κ3) is 3.27. The van der Waals surface area contributed by atoms with Crippen LogP contribution in [0, 0.1) is 0 Å². The average Bonchev–Trinajstić information content (AvgIpc) is 3.23. The van der Waals surface area contributed by atoms with Crippen molar-refractivity contribution in [3.05, 3.63) is 40.7 Å². The zero-order valence-corrected chi connectivity index (χ0v) is 14.4. The fourth-order valence-corrected chi connectivity index (χ4v) is 4.30. The summed E-state index contributed by atoms with van der Waals surface area (Å²) in [5.74, 6) is 0.294. The lowest BCUT2D eigenvalue weighted by Gasteiger charge is -2.22. The number of hydrogen-bond acceptors (Lipinski definition) is 4. The van der Waals surface area contributed by atoms with E-state index in [-0.39, 0.29) is 12.4 Å². The Kier molecular flexibility index (Phi) is 4.99. The molecule has 1 aromatic carbocycles. The molecule has 2 atom stereocenters. The molecular formula is C17H20ClN3OS. The predicted octanol–water partition coefficient (Wildman–Crippen LogP) is 2.74. The average molecular weight is 350 g/mol. The van der Waals surface area contributed by atoms with Gasteiger partial charge >= 0.3 is 0 Å². The van der Waals surface area contributed by atoms with E-state index in [2.05, 4.69) is 27.7 Å². The predicted molar refractivity (Wildman–Crippen MR) is 95.0 cm³/mol. The summed E-state index contributed by atoms with van der Waals surface area (Å²) < 4.78 is 0. The second-order valence-corrected chi connectivity index (χ2v) is 6.89. The SMILES string of the molecule is Cl.O=C1C[C@H]2NCC[C@H]2N1CCc1nc(-c2ccccc2)cs1. The molecule has 0 bridgehead atoms. The van der Waals surface area contributed by atoms with Crippen molar-refractivity contribution in [1.29, 1.82) is 0 Å². The van der Waals surface area contributed by atoms with Crippen LogP contribution in [0.2, 0.25) is 0 Å². The highest BCUT2D eigenvalue weighted by Crippen LogP contribution is 2.27. The van der Waals surface area contributed by atoms with Crippen LogP contribution in [0.3, 0.4) is 0 Å². The highest BCUT2D eigenvalue weighted by molar-refractivity contribution is 7.09. The number of amides is 1. The Hall–Kier alpha value is -1.43. The maximum absolute atomic E-state index is 12.1. The number of carbonyl (C=O) groups is 1. The van der Waals surface area contributed by atoms with Gasteiger partial charge in [-0.25, -0.2) is 4.98 Å². The third-order valence-electron chi connectivity index (χ3n) is 4.61. The number of nitrogens with zero attached hydrogens (tertiary/aromatic N) is 2. The fraction of sp³-hybridized carbons (Fsp3) is 0.412. The van der Waals surface area contributed by atoms with Crippen molar-refractivity contribution in [3.63, 3.8) is 0 Å². The van der Waals surface area contributed by atoms with Crippen molar-refractivity contribution in [2.75, 3.05) is 13.1 Å². The maximum Gasteiger partial charge on any atom is 0.224 e. The molecule has 1 aromatic heterocycles. The molecule has 2 fully saturated rings. The summed E-state index contributed by atoms with van der Waals surface area (Å²) in [6.07, 6.45) is 2.60. The van der Waals surface area contributed by atoms with E-state index in [1.165, 1.54) is 0 Å². The number of carbonyl (C=O) groups excluding carboxylic acids is 1. The van der Waals surface area contributed by atoms with Crippen molar-refractivity contribution >= 4 is 29.7 Å². The maximum atomic E-state index is 12.1. The number of nitrogens with one attached hydrogen (secondary N) is 1. The second-order valence-electron chi connectivity index (χ2n) is 5.95. The zero-order chi connectivity index (χ0) is 14.9. The first kappa shape index (κ1) is 16.4. The van der Waals surface area contributed by atoms with Gasteiger partial charge < -0.3 is 10.2 Å². The van der Waals surface area contributed by atoms with Gasteiger partial charge in [-0.15, -0.1) is 23.7 Å². The van der Waals surface area contributed by atoms with Gasteiger partial charge in [0.1, 0.15) is 0 Å². The van der Waals surface area contributed by atoms with E-state index >= 15 is 0 Å². The molecule has 122 valence electrons. The number of benzene rings is 1. The van der Waals surface area contributed by atoms with Crippen molar-refractivity contribution in [2.24, 2.45) is 0 Å². The van der Waals surface area contributed by atoms with E-state index in [4.69, 9.17) is 4.98 Å². The molecule has 2 aromatic rings. The van der Waals surface area contributed by atoms with Gasteiger partial charge in [-0.2, -0.15) is 0 Å². The van der Waals surface area contributed by atoms with Gasteiger partial charge in [-0.3, -0.25) is 4.79 Å². The minimum absolute atomic E-state index is 0. The van der Waals surface area contributed by atoms with Gasteiger partial charge in [-0.05, 0) is 13.0 Å². The van der Waals surface area contributed by atoms with Crippen LogP contribution in [0.1, 0.15) is 17.8 Å². The monoisotopic (exact) mass is 349 g/mol. The Morgan fingerprint density at radius 2 is 2.13 bits per heavy atom. The number of halogens is 1. The Morgan fingerprint density at radius 3 is 2.96 bits per heavy atom. The summed E-state index contributed by atoms with van der Waals surface area (Å²) in [4.78, 5) is 18.9. The van der Waals surface area contributed by atoms with Crippen molar-refractivity contribution in [1.82, 2.24) is 15.2 Å². The molecule has 0 spiro atoms. The Balaban J connectivity index is 0.00000156. The second kappa shape index (κ2) is 6.99. The van der Waals surface area contributed by atoms with E-state index < -0.39 is 0 Å². The normalized spacial score (nSPS) is 23.0. The standard InChI is InChI=1S/C17H19N3OS.ClH/c21-17-10-13-15(6-8-18-13)20(17)9-7-16-19-14(11-22-16)12-4-2-1-3-5-12;/h1-5,11,13,15,18H,6-10H2;1H/t13-,15-;/m1./s1. The first-order valence-electron chi connectivity index (χ1n) is 7.84. The lowest BCUT2D eigenvalue weighted by Crippen LogP contribution is -2.37. The number of aromatic nitrogens is 1. The highest BCUT2D eigenvalue weighted by Gasteiger charge is 2.41. The van der Waals surface area contributed by atoms with Crippen molar-refractivity contribution < 1.29 is 4.79 Å². The number of rotatable bonds is 4. The smallest absolute Gasteiger partial charge is 0.224 e. The number of thiazole rings is 1. The fourth-order valence-electron chi connectivity index (χ4n) is 3.50. The summed E-state index contributed by atoms with van der Waals surface area (Å²) in [5.41, 5.74) is 2.19. The Labute approximate surface area is 146 Å². The van der Waals surface area contributed by atoms with E-state index in [9.17, 15) is 4.79 Å². The van der Waals surface area contributed by atoms with Crippen LogP contribution >= 0.6 is 23.7 Å². The molecule has 4 nitrogen and oxygen atoms in total. The number of fused-ring (bicyclic) bond motifs is 1. The molecule has 0 aliphatic carbocycles. The first-order chi connectivity index (χ1) is 10.8. The summed E-state index contributed by atoms with van der Waals surface area (Å²) in [6.45, 7) is 1.83. The molecule has 0 saturated carbocycles. The third-order valence-corrected chi connectivity index (χ3v) is 5.52. The summed E-state index contributed by atoms with van der Waals surface area (Å²) in [5, 5.41) is 6.65. The van der Waals surface area contributed by atoms with E-state index in [0.717, 1.165) is 42.2 Å². The van der Waals surface area contributed by atoms with Crippen LogP contribution in [0.4, 0.5) is 0 Å². The summed E-state index contributed by atoms with van der Waals surface area (Å²) in [7, 11) is 0. The first-order valence-corrected chi connectivity index (χ1v) is 8.72. The van der Waals surface area contributed by atoms with E-state index in [0.29, 0.717) is 24.4 Å². The van der Waals surface area contributed by atoms with Gasteiger partial charge in [0, 0.05) is 42.4 Å². The van der Waals surface area contributed by atoms with Crippen LogP contribution < -0.4 is 5.32 Å². The van der Waals surface area contributed by atoms with E-state index in [1.54, 1.807) is 11.3 Å². The quantitative estimate of drug-likeness (QED) is 0.923. The Morgan fingerprint density at radius 1 is 1.30 bits per heavy atom. The molecule has 6 heteroatoms. The minimum atomic E-state index is 0. The molecule has 2 saturated heterocycles. The molecule has 0 unspecified atom stereocenters. The van der Waals surface area contributed by atoms with Gasteiger partial charge in [0.2, 0.25) is 5.91 Å². The van der Waals surface area contributed by atoms with Crippen LogP contribution in [-0.4, -0.2) is 41.0 Å². The van der Waals surface area contributed by atoms with Crippen molar-refractivity contribution in [2.45, 2.75) is 31.3 Å². The molecule has 3 heterocycles. The molecule has 4 rings (SSSR count). The molecule has 1 amide bonds. The van der Waals surface area contributed by atoms with E-state index in [1.807, 2.05) is 18.2 Å². The number of hydrogen-bond donors (Lipinski definition) is 1. The summed E-state index contributed by atoms with van der Waals surface area (Å²) >= 11 is 1.69. The lowest BCUT2D eigenvalue weighted by molar-refractivity contribution is -0.129. The molecule has 2 aliphatic rings. The van der Waals surface area contributed by atoms with Gasteiger partial charge in [0.25, 0.3) is 0 Å². The number of likely N-dealkylation sites (tertiary alicyclic amines) is 1. The molecule has 2 aliphatic heterocycles. The van der Waals surface area contributed by atoms with Crippen LogP contribution in [0.5, 0.6) is 0 Å². The lowest BCUT2D eigenvalue weighted by atomic mass is 10.1. The topological polar surface area (TPSA) is 45.2 Å². The van der Waals surface area contributed by atoms with Crippen LogP contribution in [-0.2, 0) is 11.2 Å². The van der Waals surface area contributed by atoms with Crippen molar-refractivity contribution in [3.8, 4) is 11.3 Å². The minimum Gasteiger partial charge on any atom is -0.338 e. The van der Waals surface area contributed by atoms with Gasteiger partial charge in [0.05, 0.1) is 10.7 Å². The largest absolute Gasteiger partial charge is 0.338 e. The molecule has 1 N–H and O–H groups in total. The molecule has 0 radical (unpaired) electrons. The van der Waals surface area contributed by atoms with Crippen LogP contribution in [0.15, 0.2) is 35.7 Å². The van der Waals surface area contributed by atoms with Gasteiger partial charge in [-0.1, -0.05) is 30.3 Å².